The summed E-state index contributed by atoms with van der Waals surface area (Å²) in [6.07, 6.45) is 9.61. The van der Waals surface area contributed by atoms with Gasteiger partial charge in [0.15, 0.2) is 0 Å². The van der Waals surface area contributed by atoms with E-state index in [0.717, 1.165) is 45.7 Å². The van der Waals surface area contributed by atoms with Gasteiger partial charge >= 0.3 is 0 Å². The molecule has 1 unspecified atom stereocenters. The maximum atomic E-state index is 5.25. The predicted molar refractivity (Wildman–Crippen MR) is 191 cm³/mol. The molecule has 7 aromatic rings. The van der Waals surface area contributed by atoms with Crippen molar-refractivity contribution in [2.24, 2.45) is 9.98 Å². The third-order valence-corrected chi connectivity index (χ3v) is 9.86. The van der Waals surface area contributed by atoms with Crippen LogP contribution in [0, 0.1) is 0 Å². The van der Waals surface area contributed by atoms with Gasteiger partial charge in [0, 0.05) is 44.9 Å². The van der Waals surface area contributed by atoms with E-state index in [9.17, 15) is 0 Å². The number of pyridine rings is 1. The third kappa shape index (κ3) is 4.52. The molecule has 0 amide bonds. The fourth-order valence-electron chi connectivity index (χ4n) is 6.40. The number of aromatic nitrogens is 2. The van der Waals surface area contributed by atoms with Crippen molar-refractivity contribution in [3.05, 3.63) is 151 Å². The first-order chi connectivity index (χ1) is 22.8. The molecule has 0 saturated heterocycles. The van der Waals surface area contributed by atoms with Gasteiger partial charge in [0.05, 0.1) is 11.0 Å². The minimum absolute atomic E-state index is 0.285. The van der Waals surface area contributed by atoms with E-state index in [0.29, 0.717) is 5.96 Å². The zero-order valence-corrected chi connectivity index (χ0v) is 25.6. The molecule has 46 heavy (non-hydrogen) atoms. The Hall–Kier alpha value is -5.79. The van der Waals surface area contributed by atoms with E-state index in [1.165, 1.54) is 31.3 Å². The summed E-state index contributed by atoms with van der Waals surface area (Å²) in [5.41, 5.74) is 7.79. The van der Waals surface area contributed by atoms with E-state index in [4.69, 9.17) is 9.98 Å². The molecule has 2 aliphatic rings. The van der Waals surface area contributed by atoms with Crippen LogP contribution in [0.4, 0.5) is 0 Å². The van der Waals surface area contributed by atoms with Crippen LogP contribution in [0.2, 0.25) is 0 Å². The van der Waals surface area contributed by atoms with Crippen molar-refractivity contribution >= 4 is 55.0 Å². The highest BCUT2D eigenvalue weighted by molar-refractivity contribution is 7.23. The topological polar surface area (TPSA) is 66.6 Å². The molecular weight excluding hydrogens is 585 g/mol. The number of para-hydroxylation sites is 1. The lowest BCUT2D eigenvalue weighted by molar-refractivity contribution is 0.713. The second-order valence-corrected chi connectivity index (χ2v) is 12.5. The van der Waals surface area contributed by atoms with Gasteiger partial charge in [0.1, 0.15) is 12.0 Å². The van der Waals surface area contributed by atoms with Crippen molar-refractivity contribution in [2.45, 2.75) is 6.17 Å². The van der Waals surface area contributed by atoms with Crippen LogP contribution in [-0.2, 0) is 0 Å². The summed E-state index contributed by atoms with van der Waals surface area (Å²) >= 11 is 1.84. The number of nitrogens with zero attached hydrogens (tertiary/aromatic N) is 4. The molecule has 1 atom stereocenters. The maximum Gasteiger partial charge on any atom is 0.234 e. The second-order valence-electron chi connectivity index (χ2n) is 11.4. The van der Waals surface area contributed by atoms with Crippen molar-refractivity contribution in [1.82, 2.24) is 20.2 Å². The molecule has 2 N–H and O–H groups in total. The molecule has 3 aromatic heterocycles. The first kappa shape index (κ1) is 26.6. The van der Waals surface area contributed by atoms with Crippen molar-refractivity contribution in [3.8, 4) is 21.6 Å². The Morgan fingerprint density at radius 1 is 0.739 bits per heavy atom. The number of aliphatic imine (C=N–C) groups is 2. The first-order valence-electron chi connectivity index (χ1n) is 15.4. The quantitative estimate of drug-likeness (QED) is 0.210. The number of hydrogen-bond donors (Lipinski definition) is 2. The zero-order valence-electron chi connectivity index (χ0n) is 24.8. The van der Waals surface area contributed by atoms with E-state index in [-0.39, 0.29) is 6.17 Å². The molecule has 0 fully saturated rings. The Kier molecular flexibility index (Phi) is 6.35. The first-order valence-corrected chi connectivity index (χ1v) is 16.2. The number of rotatable bonds is 4. The van der Waals surface area contributed by atoms with Gasteiger partial charge in [-0.25, -0.2) is 4.99 Å². The monoisotopic (exact) mass is 612 g/mol. The molecule has 7 heteroatoms. The summed E-state index contributed by atoms with van der Waals surface area (Å²) in [6.45, 7) is 0.761. The lowest BCUT2D eigenvalue weighted by Gasteiger charge is -2.26. The number of amidine groups is 1. The van der Waals surface area contributed by atoms with Gasteiger partial charge in [-0.05, 0) is 70.3 Å². The van der Waals surface area contributed by atoms with Crippen molar-refractivity contribution in [3.63, 3.8) is 0 Å². The smallest absolute Gasteiger partial charge is 0.234 e. The van der Waals surface area contributed by atoms with Gasteiger partial charge < -0.3 is 10.6 Å². The average Bonchev–Trinajstić information content (AvgIpc) is 3.72. The summed E-state index contributed by atoms with van der Waals surface area (Å²) in [7, 11) is 0. The Morgan fingerprint density at radius 2 is 1.52 bits per heavy atom. The van der Waals surface area contributed by atoms with Gasteiger partial charge in [-0.3, -0.25) is 9.55 Å². The summed E-state index contributed by atoms with van der Waals surface area (Å²) in [6, 6.07) is 38.6. The normalized spacial score (nSPS) is 16.2. The summed E-state index contributed by atoms with van der Waals surface area (Å²) in [4.78, 5) is 15.9. The molecule has 2 aliphatic heterocycles. The predicted octanol–water partition coefficient (Wildman–Crippen LogP) is 8.36. The van der Waals surface area contributed by atoms with Crippen LogP contribution in [0.25, 0.3) is 53.5 Å². The van der Waals surface area contributed by atoms with Gasteiger partial charge in [0.2, 0.25) is 5.96 Å². The Balaban J connectivity index is 1.23. The zero-order chi connectivity index (χ0) is 30.5. The standard InChI is InChI=1S/C39H28N6S/c1-2-6-27(7-3-1)34-24-30-14-15-33-35(36(30)46-34)31-8-4-5-9-32(31)45(33)39-43-37(42-38(44-39)29-18-22-41-23-19-29)28-12-10-25(11-13-28)26-16-20-40-21-17-26/h1-22,24,38,41H,23H2,(H,42,43,44). The van der Waals surface area contributed by atoms with Gasteiger partial charge in [-0.1, -0.05) is 84.9 Å². The largest absolute Gasteiger partial charge is 0.387 e. The van der Waals surface area contributed by atoms with Crippen LogP contribution in [0.5, 0.6) is 0 Å². The Morgan fingerprint density at radius 3 is 2.35 bits per heavy atom. The van der Waals surface area contributed by atoms with Crippen LogP contribution in [0.1, 0.15) is 5.56 Å². The lowest BCUT2D eigenvalue weighted by Crippen LogP contribution is -2.41. The molecule has 0 bridgehead atoms. The number of benzene rings is 4. The molecule has 220 valence electrons. The van der Waals surface area contributed by atoms with Crippen LogP contribution in [0.15, 0.2) is 155 Å². The fourth-order valence-corrected chi connectivity index (χ4v) is 7.62. The van der Waals surface area contributed by atoms with Crippen LogP contribution >= 0.6 is 11.3 Å². The minimum Gasteiger partial charge on any atom is -0.387 e. The maximum absolute atomic E-state index is 5.25. The number of hydrogen-bond acceptors (Lipinski definition) is 6. The highest BCUT2D eigenvalue weighted by Gasteiger charge is 2.25. The molecular formula is C39H28N6S. The molecule has 4 aromatic carbocycles. The van der Waals surface area contributed by atoms with Crippen molar-refractivity contribution < 1.29 is 0 Å². The molecule has 6 nitrogen and oxygen atoms in total. The number of dihydropyridines is 1. The molecule has 9 rings (SSSR count). The SMILES string of the molecule is C1=CC(C2N=C(n3c4ccccc4c4c5sc(-c6ccccc6)cc5ccc43)N=C(c3ccc(-c4ccncc4)cc3)N2)=CCN1. The Labute approximate surface area is 269 Å². The van der Waals surface area contributed by atoms with Gasteiger partial charge in [0.25, 0.3) is 0 Å². The van der Waals surface area contributed by atoms with E-state index in [1.54, 1.807) is 0 Å². The van der Waals surface area contributed by atoms with E-state index in [2.05, 4.69) is 129 Å². The molecule has 0 radical (unpaired) electrons. The van der Waals surface area contributed by atoms with E-state index < -0.39 is 0 Å². The number of fused-ring (bicyclic) bond motifs is 5. The summed E-state index contributed by atoms with van der Waals surface area (Å²) < 4.78 is 3.51. The molecule has 0 aliphatic carbocycles. The van der Waals surface area contributed by atoms with Crippen molar-refractivity contribution in [2.75, 3.05) is 6.54 Å². The molecule has 0 saturated carbocycles. The van der Waals surface area contributed by atoms with Gasteiger partial charge in [-0.15, -0.1) is 11.3 Å². The van der Waals surface area contributed by atoms with Gasteiger partial charge in [-0.2, -0.15) is 4.99 Å². The number of thiophene rings is 1. The van der Waals surface area contributed by atoms with E-state index >= 15 is 0 Å². The minimum atomic E-state index is -0.285. The van der Waals surface area contributed by atoms with E-state index in [1.807, 2.05) is 42.1 Å². The average molecular weight is 613 g/mol. The lowest BCUT2D eigenvalue weighted by atomic mass is 10.0. The highest BCUT2D eigenvalue weighted by Crippen LogP contribution is 2.42. The molecule has 0 spiro atoms. The summed E-state index contributed by atoms with van der Waals surface area (Å²) in [5, 5.41) is 10.6. The van der Waals surface area contributed by atoms with Crippen LogP contribution < -0.4 is 10.6 Å². The molecule has 5 heterocycles. The van der Waals surface area contributed by atoms with Crippen molar-refractivity contribution in [1.29, 1.82) is 0 Å². The van der Waals surface area contributed by atoms with Crippen LogP contribution in [-0.4, -0.2) is 34.1 Å². The third-order valence-electron chi connectivity index (χ3n) is 8.65. The highest BCUT2D eigenvalue weighted by atomic mass is 32.1. The second kappa shape index (κ2) is 11.0. The fraction of sp³-hybridized carbons (Fsp3) is 0.0513. The van der Waals surface area contributed by atoms with Crippen LogP contribution in [0.3, 0.4) is 0 Å². The Bertz CT molecular complexity index is 2380. The number of nitrogens with one attached hydrogen (secondary N) is 2. The summed E-state index contributed by atoms with van der Waals surface area (Å²) in [5.74, 6) is 1.45.